The molecule has 8 heteroatoms. The van der Waals surface area contributed by atoms with Gasteiger partial charge in [0, 0.05) is 24.5 Å². The number of benzene rings is 1. The summed E-state index contributed by atoms with van der Waals surface area (Å²) in [7, 11) is -0.437. The second-order valence-corrected chi connectivity index (χ2v) is 9.63. The molecule has 1 aliphatic rings. The molecule has 2 unspecified atom stereocenters. The highest BCUT2D eigenvalue weighted by Crippen LogP contribution is 2.32. The molecule has 3 heterocycles. The number of fused-ring (bicyclic) bond motifs is 3. The molecular formula is C22H30N6S2. The van der Waals surface area contributed by atoms with Crippen molar-refractivity contribution in [2.45, 2.75) is 53.0 Å². The minimum atomic E-state index is -0.437. The summed E-state index contributed by atoms with van der Waals surface area (Å²) in [5, 5.41) is 10.4. The van der Waals surface area contributed by atoms with Gasteiger partial charge < -0.3 is 4.90 Å². The molecule has 30 heavy (non-hydrogen) atoms. The van der Waals surface area contributed by atoms with Crippen molar-refractivity contribution in [2.75, 3.05) is 18.0 Å². The van der Waals surface area contributed by atoms with E-state index in [-0.39, 0.29) is 6.04 Å². The van der Waals surface area contributed by atoms with Gasteiger partial charge in [0.25, 0.3) is 0 Å². The van der Waals surface area contributed by atoms with Gasteiger partial charge in [-0.1, -0.05) is 35.5 Å². The molecule has 2 atom stereocenters. The van der Waals surface area contributed by atoms with Gasteiger partial charge in [-0.05, 0) is 50.3 Å². The molecule has 1 aromatic carbocycles. The zero-order valence-corrected chi connectivity index (χ0v) is 19.9. The molecule has 0 aliphatic carbocycles. The molecule has 3 aromatic rings. The number of aryl methyl sites for hydroxylation is 1. The van der Waals surface area contributed by atoms with E-state index in [9.17, 15) is 5.26 Å². The van der Waals surface area contributed by atoms with E-state index in [0.29, 0.717) is 5.69 Å². The van der Waals surface area contributed by atoms with Gasteiger partial charge in [0.05, 0.1) is 11.7 Å². The van der Waals surface area contributed by atoms with Crippen molar-refractivity contribution in [1.82, 2.24) is 19.1 Å². The van der Waals surface area contributed by atoms with Crippen molar-refractivity contribution in [3.8, 4) is 6.07 Å². The topological polar surface area (TPSA) is 69.2 Å². The first-order valence-corrected chi connectivity index (χ1v) is 12.9. The zero-order chi connectivity index (χ0) is 21.8. The van der Waals surface area contributed by atoms with E-state index in [1.807, 2.05) is 18.2 Å². The van der Waals surface area contributed by atoms with Gasteiger partial charge in [-0.2, -0.15) is 5.26 Å². The van der Waals surface area contributed by atoms with Crippen LogP contribution < -0.4 is 9.62 Å². The molecule has 4 rings (SSSR count). The van der Waals surface area contributed by atoms with E-state index in [0.717, 1.165) is 59.6 Å². The van der Waals surface area contributed by atoms with Gasteiger partial charge in [0.2, 0.25) is 5.95 Å². The molecule has 160 valence electrons. The van der Waals surface area contributed by atoms with Crippen LogP contribution in [0.4, 0.5) is 5.95 Å². The van der Waals surface area contributed by atoms with Crippen LogP contribution in [0, 0.1) is 18.3 Å². The van der Waals surface area contributed by atoms with Gasteiger partial charge in [0.1, 0.15) is 6.07 Å². The number of hydrogen-bond acceptors (Lipinski definition) is 6. The number of nitrogens with zero attached hydrogens (tertiary/aromatic N) is 5. The molecule has 0 saturated carbocycles. The van der Waals surface area contributed by atoms with Crippen LogP contribution in [0.15, 0.2) is 18.3 Å². The smallest absolute Gasteiger partial charge is 0.211 e. The normalized spacial score (nSPS) is 16.1. The van der Waals surface area contributed by atoms with Crippen LogP contribution in [0.5, 0.6) is 0 Å². The average molecular weight is 443 g/mol. The highest BCUT2D eigenvalue weighted by Gasteiger charge is 2.21. The van der Waals surface area contributed by atoms with Gasteiger partial charge in [0.15, 0.2) is 11.3 Å². The first-order valence-electron chi connectivity index (χ1n) is 10.5. The second kappa shape index (κ2) is 9.82. The molecular weight excluding hydrogens is 412 g/mol. The average Bonchev–Trinajstić information content (AvgIpc) is 3.19. The molecule has 1 aliphatic heterocycles. The Morgan fingerprint density at radius 1 is 1.23 bits per heavy atom. The number of thiol groups is 1. The Labute approximate surface area is 186 Å². The van der Waals surface area contributed by atoms with E-state index in [1.165, 1.54) is 6.42 Å². The summed E-state index contributed by atoms with van der Waals surface area (Å²) in [5.74, 6) is 4.83. The monoisotopic (exact) mass is 442 g/mol. The third kappa shape index (κ3) is 4.48. The zero-order valence-electron chi connectivity index (χ0n) is 18.1. The molecule has 0 spiro atoms. The molecule has 0 radical (unpaired) electrons. The van der Waals surface area contributed by atoms with Crippen molar-refractivity contribution < 1.29 is 0 Å². The third-order valence-electron chi connectivity index (χ3n) is 5.19. The van der Waals surface area contributed by atoms with E-state index in [4.69, 9.17) is 4.98 Å². The molecule has 0 amide bonds. The highest BCUT2D eigenvalue weighted by atomic mass is 33.1. The number of anilines is 1. The molecule has 1 fully saturated rings. The minimum absolute atomic E-state index is 0.0512. The Kier molecular flexibility index (Phi) is 7.40. The number of hydrogen-bond donors (Lipinski definition) is 2. The predicted molar refractivity (Wildman–Crippen MR) is 133 cm³/mol. The predicted octanol–water partition coefficient (Wildman–Crippen LogP) is 5.19. The van der Waals surface area contributed by atoms with E-state index >= 15 is 0 Å². The van der Waals surface area contributed by atoms with E-state index in [2.05, 4.69) is 64.2 Å². The van der Waals surface area contributed by atoms with Crippen LogP contribution in [0.25, 0.3) is 16.6 Å². The van der Waals surface area contributed by atoms with Crippen molar-refractivity contribution in [2.24, 2.45) is 0 Å². The Hall–Kier alpha value is -2.08. The van der Waals surface area contributed by atoms with Gasteiger partial charge >= 0.3 is 0 Å². The fraction of sp³-hybridized carbons (Fsp3) is 0.455. The molecule has 0 bridgehead atoms. The summed E-state index contributed by atoms with van der Waals surface area (Å²) < 4.78 is 5.37. The second-order valence-electron chi connectivity index (χ2n) is 7.35. The molecule has 1 N–H and O–H groups in total. The lowest BCUT2D eigenvalue weighted by molar-refractivity contribution is 0.567. The first-order chi connectivity index (χ1) is 14.5. The van der Waals surface area contributed by atoms with Crippen molar-refractivity contribution in [3.05, 3.63) is 35.2 Å². The number of piperidine rings is 1. The lowest BCUT2D eigenvalue weighted by Crippen LogP contribution is -2.32. The quantitative estimate of drug-likeness (QED) is 0.331. The van der Waals surface area contributed by atoms with Crippen LogP contribution in [0.3, 0.4) is 0 Å². The fourth-order valence-electron chi connectivity index (χ4n) is 3.95. The Balaban J connectivity index is 0.00000124. The maximum Gasteiger partial charge on any atom is 0.211 e. The maximum atomic E-state index is 9.42. The summed E-state index contributed by atoms with van der Waals surface area (Å²) in [6.07, 6.45) is 5.36. The fourth-order valence-corrected chi connectivity index (χ4v) is 4.96. The first kappa shape index (κ1) is 22.6. The third-order valence-corrected chi connectivity index (χ3v) is 6.13. The summed E-state index contributed by atoms with van der Waals surface area (Å²) >= 11 is 4.41. The SMILES string of the molecule is C=S(S)NC(C)c1cc(C)cc2c1nc(N1CCCCC1)n1cc(C#N)nc21.CC. The van der Waals surface area contributed by atoms with Gasteiger partial charge in [-0.3, -0.25) is 9.12 Å². The van der Waals surface area contributed by atoms with Crippen molar-refractivity contribution in [3.63, 3.8) is 0 Å². The number of nitriles is 1. The van der Waals surface area contributed by atoms with E-state index in [1.54, 1.807) is 6.20 Å². The van der Waals surface area contributed by atoms with Gasteiger partial charge in [-0.15, -0.1) is 11.7 Å². The maximum absolute atomic E-state index is 9.42. The summed E-state index contributed by atoms with van der Waals surface area (Å²) in [6.45, 7) is 10.1. The van der Waals surface area contributed by atoms with Crippen LogP contribution in [-0.2, 0) is 0 Å². The van der Waals surface area contributed by atoms with Crippen LogP contribution in [-0.4, -0.2) is 33.3 Å². The number of imidazole rings is 1. The Bertz CT molecular complexity index is 1110. The van der Waals surface area contributed by atoms with Crippen LogP contribution >= 0.6 is 21.4 Å². The standard InChI is InChI=1S/C20H24N6S2.C2H6/c1-13-9-16(14(2)24-28(3)27)18-17(10-13)19-22-15(11-21)12-26(19)20(23-18)25-7-5-4-6-8-25;1-2/h9-10,12,14,24,27H,3-8H2,1-2H3;1-2H3. The van der Waals surface area contributed by atoms with Crippen LogP contribution in [0.2, 0.25) is 0 Å². The summed E-state index contributed by atoms with van der Waals surface area (Å²) in [6, 6.07) is 6.50. The van der Waals surface area contributed by atoms with Gasteiger partial charge in [-0.25, -0.2) is 9.97 Å². The largest absolute Gasteiger partial charge is 0.342 e. The Morgan fingerprint density at radius 2 is 1.93 bits per heavy atom. The number of aromatic nitrogens is 3. The number of rotatable bonds is 4. The van der Waals surface area contributed by atoms with Crippen LogP contribution in [0.1, 0.15) is 62.9 Å². The number of nitrogens with one attached hydrogen (secondary N) is 1. The lowest BCUT2D eigenvalue weighted by atomic mass is 10.0. The Morgan fingerprint density at radius 3 is 2.57 bits per heavy atom. The molecule has 2 aromatic heterocycles. The van der Waals surface area contributed by atoms with Crippen molar-refractivity contribution in [1.29, 1.82) is 5.26 Å². The summed E-state index contributed by atoms with van der Waals surface area (Å²) in [4.78, 5) is 12.0. The van der Waals surface area contributed by atoms with E-state index < -0.39 is 9.70 Å². The van der Waals surface area contributed by atoms with Crippen molar-refractivity contribution >= 4 is 49.7 Å². The molecule has 1 saturated heterocycles. The molecule has 6 nitrogen and oxygen atoms in total. The summed E-state index contributed by atoms with van der Waals surface area (Å²) in [5.41, 5.74) is 4.37. The lowest BCUT2D eigenvalue weighted by Gasteiger charge is -2.29. The minimum Gasteiger partial charge on any atom is -0.342 e. The highest BCUT2D eigenvalue weighted by molar-refractivity contribution is 8.75.